The lowest BCUT2D eigenvalue weighted by Gasteiger charge is -2.17. The van der Waals surface area contributed by atoms with Crippen LogP contribution in [0.4, 0.5) is 23.2 Å². The summed E-state index contributed by atoms with van der Waals surface area (Å²) in [6.07, 6.45) is -4.58. The van der Waals surface area contributed by atoms with Gasteiger partial charge in [0.2, 0.25) is 5.88 Å². The van der Waals surface area contributed by atoms with Crippen LogP contribution in [0.2, 0.25) is 0 Å². The van der Waals surface area contributed by atoms with Crippen LogP contribution in [0.25, 0.3) is 11.1 Å². The molecular weight excluding hydrogens is 502 g/mol. The van der Waals surface area contributed by atoms with Crippen LogP contribution in [0.3, 0.4) is 0 Å². The monoisotopic (exact) mass is 525 g/mol. The second-order valence-electron chi connectivity index (χ2n) is 8.27. The maximum Gasteiger partial charge on any atom is 0.461 e. The molecule has 1 amide bonds. The van der Waals surface area contributed by atoms with E-state index in [0.29, 0.717) is 11.6 Å². The van der Waals surface area contributed by atoms with Gasteiger partial charge >= 0.3 is 12.5 Å². The SMILES string of the molecule is CCc1cc(-c2cccnc2Oc2cc(C(=O)Nc3cccc(OC(F)(F)C(F)F)c3)ccc2C)ccn1. The average Bonchev–Trinajstić information content (AvgIpc) is 2.90. The number of amides is 1. The van der Waals surface area contributed by atoms with E-state index in [9.17, 15) is 22.4 Å². The van der Waals surface area contributed by atoms with E-state index in [1.165, 1.54) is 18.2 Å². The van der Waals surface area contributed by atoms with Crippen LogP contribution in [0.15, 0.2) is 79.1 Å². The van der Waals surface area contributed by atoms with Gasteiger partial charge in [-0.2, -0.15) is 17.6 Å². The van der Waals surface area contributed by atoms with Gasteiger partial charge in [0.05, 0.1) is 0 Å². The van der Waals surface area contributed by atoms with Crippen molar-refractivity contribution in [3.63, 3.8) is 0 Å². The summed E-state index contributed by atoms with van der Waals surface area (Å²) in [6.45, 7) is 3.82. The van der Waals surface area contributed by atoms with Crippen LogP contribution in [0.1, 0.15) is 28.5 Å². The van der Waals surface area contributed by atoms with E-state index in [-0.39, 0.29) is 11.3 Å². The molecule has 38 heavy (non-hydrogen) atoms. The third-order valence-corrected chi connectivity index (χ3v) is 5.52. The molecule has 2 heterocycles. The fourth-order valence-corrected chi connectivity index (χ4v) is 3.53. The van der Waals surface area contributed by atoms with Gasteiger partial charge in [0, 0.05) is 41.0 Å². The number of benzene rings is 2. The second kappa shape index (κ2) is 11.3. The number of halogens is 4. The highest BCUT2D eigenvalue weighted by atomic mass is 19.3. The number of rotatable bonds is 9. The first-order valence-electron chi connectivity index (χ1n) is 11.6. The van der Waals surface area contributed by atoms with E-state index in [1.807, 2.05) is 32.0 Å². The van der Waals surface area contributed by atoms with E-state index in [0.717, 1.165) is 40.9 Å². The van der Waals surface area contributed by atoms with Gasteiger partial charge in [-0.05, 0) is 73.0 Å². The van der Waals surface area contributed by atoms with Gasteiger partial charge in [-0.1, -0.05) is 19.1 Å². The Morgan fingerprint density at radius 3 is 2.58 bits per heavy atom. The molecule has 196 valence electrons. The largest absolute Gasteiger partial charge is 0.461 e. The van der Waals surface area contributed by atoms with Gasteiger partial charge in [0.1, 0.15) is 11.5 Å². The van der Waals surface area contributed by atoms with E-state index in [4.69, 9.17) is 4.74 Å². The fourth-order valence-electron chi connectivity index (χ4n) is 3.53. The summed E-state index contributed by atoms with van der Waals surface area (Å²) in [6, 6.07) is 17.1. The maximum atomic E-state index is 13.2. The van der Waals surface area contributed by atoms with Crippen molar-refractivity contribution in [3.8, 4) is 28.5 Å². The van der Waals surface area contributed by atoms with Crippen molar-refractivity contribution in [1.29, 1.82) is 0 Å². The van der Waals surface area contributed by atoms with Gasteiger partial charge in [-0.15, -0.1) is 0 Å². The van der Waals surface area contributed by atoms with Crippen LogP contribution in [-0.2, 0) is 6.42 Å². The summed E-state index contributed by atoms with van der Waals surface area (Å²) in [4.78, 5) is 21.6. The minimum Gasteiger partial charge on any atom is -0.438 e. The summed E-state index contributed by atoms with van der Waals surface area (Å²) in [5.74, 6) is -0.371. The summed E-state index contributed by atoms with van der Waals surface area (Å²) in [5.41, 5.74) is 3.58. The predicted octanol–water partition coefficient (Wildman–Crippen LogP) is 7.30. The molecule has 0 bridgehead atoms. The molecule has 6 nitrogen and oxygen atoms in total. The highest BCUT2D eigenvalue weighted by Crippen LogP contribution is 2.34. The van der Waals surface area contributed by atoms with Crippen molar-refractivity contribution < 1.29 is 31.8 Å². The minimum absolute atomic E-state index is 0.0806. The number of pyridine rings is 2. The first-order chi connectivity index (χ1) is 18.2. The Balaban J connectivity index is 1.55. The van der Waals surface area contributed by atoms with Crippen molar-refractivity contribution >= 4 is 11.6 Å². The molecule has 4 aromatic rings. The number of alkyl halides is 4. The summed E-state index contributed by atoms with van der Waals surface area (Å²) in [5, 5.41) is 2.54. The highest BCUT2D eigenvalue weighted by Gasteiger charge is 2.44. The topological polar surface area (TPSA) is 73.3 Å². The van der Waals surface area contributed by atoms with E-state index < -0.39 is 24.2 Å². The molecular formula is C28H23F4N3O3. The van der Waals surface area contributed by atoms with Gasteiger partial charge in [-0.3, -0.25) is 9.78 Å². The molecule has 0 unspecified atom stereocenters. The number of aromatic nitrogens is 2. The lowest BCUT2D eigenvalue weighted by Crippen LogP contribution is -2.33. The first kappa shape index (κ1) is 26.6. The van der Waals surface area contributed by atoms with Gasteiger partial charge in [0.25, 0.3) is 5.91 Å². The van der Waals surface area contributed by atoms with Gasteiger partial charge in [0.15, 0.2) is 0 Å². The molecule has 2 aromatic heterocycles. The Labute approximate surface area is 216 Å². The highest BCUT2D eigenvalue weighted by molar-refractivity contribution is 6.04. The molecule has 2 aromatic carbocycles. The molecule has 0 atom stereocenters. The molecule has 1 N–H and O–H groups in total. The Kier molecular flexibility index (Phi) is 7.90. The Hall–Kier alpha value is -4.47. The molecule has 0 aliphatic rings. The van der Waals surface area contributed by atoms with Crippen LogP contribution < -0.4 is 14.8 Å². The van der Waals surface area contributed by atoms with Crippen molar-refractivity contribution in [2.24, 2.45) is 0 Å². The van der Waals surface area contributed by atoms with Gasteiger partial charge < -0.3 is 14.8 Å². The number of nitrogens with zero attached hydrogens (tertiary/aromatic N) is 2. The Bertz CT molecular complexity index is 1450. The predicted molar refractivity (Wildman–Crippen MR) is 134 cm³/mol. The Morgan fingerprint density at radius 1 is 1.00 bits per heavy atom. The van der Waals surface area contributed by atoms with Crippen LogP contribution in [-0.4, -0.2) is 28.4 Å². The molecule has 0 aliphatic heterocycles. The number of carbonyl (C=O) groups is 1. The normalized spacial score (nSPS) is 11.3. The van der Waals surface area contributed by atoms with E-state index in [2.05, 4.69) is 20.0 Å². The lowest BCUT2D eigenvalue weighted by molar-refractivity contribution is -0.253. The summed E-state index contributed by atoms with van der Waals surface area (Å²) in [7, 11) is 0. The van der Waals surface area contributed by atoms with Crippen molar-refractivity contribution in [2.75, 3.05) is 5.32 Å². The van der Waals surface area contributed by atoms with Crippen molar-refractivity contribution in [3.05, 3.63) is 95.9 Å². The summed E-state index contributed by atoms with van der Waals surface area (Å²) < 4.78 is 61.6. The lowest BCUT2D eigenvalue weighted by atomic mass is 10.1. The molecule has 0 aliphatic carbocycles. The number of nitrogens with one attached hydrogen (secondary N) is 1. The zero-order valence-corrected chi connectivity index (χ0v) is 20.4. The second-order valence-corrected chi connectivity index (χ2v) is 8.27. The number of anilines is 1. The van der Waals surface area contributed by atoms with Crippen LogP contribution >= 0.6 is 0 Å². The number of hydrogen-bond donors (Lipinski definition) is 1. The van der Waals surface area contributed by atoms with Crippen molar-refractivity contribution in [1.82, 2.24) is 9.97 Å². The quantitative estimate of drug-likeness (QED) is 0.232. The standard InChI is InChI=1S/C28H23F4N3O3/c1-3-20-14-18(11-13-33-20)23-8-5-12-34-26(23)37-24-15-19(10-9-17(24)2)25(36)35-21-6-4-7-22(16-21)38-28(31,32)27(29)30/h4-16,27H,3H2,1-2H3,(H,35,36). The first-order valence-corrected chi connectivity index (χ1v) is 11.6. The number of ether oxygens (including phenoxy) is 2. The average molecular weight is 526 g/mol. The van der Waals surface area contributed by atoms with E-state index in [1.54, 1.807) is 30.6 Å². The zero-order valence-electron chi connectivity index (χ0n) is 20.4. The molecule has 0 radical (unpaired) electrons. The third-order valence-electron chi connectivity index (χ3n) is 5.52. The smallest absolute Gasteiger partial charge is 0.438 e. The van der Waals surface area contributed by atoms with Crippen LogP contribution in [0, 0.1) is 6.92 Å². The third kappa shape index (κ3) is 6.26. The number of carbonyl (C=O) groups excluding carboxylic acids is 1. The molecule has 4 rings (SSSR count). The van der Waals surface area contributed by atoms with Gasteiger partial charge in [-0.25, -0.2) is 4.98 Å². The molecule has 0 fully saturated rings. The molecule has 0 saturated heterocycles. The fraction of sp³-hybridized carbons (Fsp3) is 0.179. The number of aryl methyl sites for hydroxylation is 2. The molecule has 0 saturated carbocycles. The summed E-state index contributed by atoms with van der Waals surface area (Å²) >= 11 is 0. The van der Waals surface area contributed by atoms with Crippen LogP contribution in [0.5, 0.6) is 17.4 Å². The zero-order chi connectivity index (χ0) is 27.3. The Morgan fingerprint density at radius 2 is 1.82 bits per heavy atom. The van der Waals surface area contributed by atoms with Crippen molar-refractivity contribution in [2.45, 2.75) is 32.8 Å². The minimum atomic E-state index is -4.66. The van der Waals surface area contributed by atoms with E-state index >= 15 is 0 Å². The number of hydrogen-bond acceptors (Lipinski definition) is 5. The molecule has 10 heteroatoms. The molecule has 0 spiro atoms. The maximum absolute atomic E-state index is 13.2.